The van der Waals surface area contributed by atoms with Crippen LogP contribution in [0.5, 0.6) is 0 Å². The van der Waals surface area contributed by atoms with E-state index in [0.717, 1.165) is 22.2 Å². The highest BCUT2D eigenvalue weighted by atomic mass is 32.2. The summed E-state index contributed by atoms with van der Waals surface area (Å²) in [4.78, 5) is 12.0. The number of fused-ring (bicyclic) bond motifs is 3. The van der Waals surface area contributed by atoms with E-state index in [1.807, 2.05) is 19.1 Å². The number of aromatic nitrogens is 3. The number of aryl methyl sites for hydroxylation is 2. The third-order valence-electron chi connectivity index (χ3n) is 2.80. The second-order valence-electron chi connectivity index (χ2n) is 3.90. The van der Waals surface area contributed by atoms with Crippen molar-refractivity contribution in [1.29, 1.82) is 0 Å². The fourth-order valence-corrected chi connectivity index (χ4v) is 3.02. The van der Waals surface area contributed by atoms with Gasteiger partial charge in [0.2, 0.25) is 0 Å². The van der Waals surface area contributed by atoms with Crippen LogP contribution in [-0.4, -0.2) is 14.3 Å². The second-order valence-corrected chi connectivity index (χ2v) is 4.84. The zero-order chi connectivity index (χ0) is 11.3. The Morgan fingerprint density at radius 1 is 1.44 bits per heavy atom. The first-order valence-corrected chi connectivity index (χ1v) is 6.05. The maximum absolute atomic E-state index is 12.0. The number of nitrogens with zero attached hydrogens (tertiary/aromatic N) is 3. The average molecular weight is 233 g/mol. The Morgan fingerprint density at radius 3 is 3.06 bits per heavy atom. The predicted molar refractivity (Wildman–Crippen MR) is 63.1 cm³/mol. The van der Waals surface area contributed by atoms with Crippen molar-refractivity contribution in [3.05, 3.63) is 39.8 Å². The van der Waals surface area contributed by atoms with Crippen LogP contribution in [0.15, 0.2) is 28.2 Å². The highest BCUT2D eigenvalue weighted by Gasteiger charge is 2.22. The molecule has 0 amide bonds. The molecule has 0 bridgehead atoms. The first-order chi connectivity index (χ1) is 7.68. The second kappa shape index (κ2) is 3.25. The highest BCUT2D eigenvalue weighted by molar-refractivity contribution is 7.98. The molecule has 4 nitrogen and oxygen atoms in total. The summed E-state index contributed by atoms with van der Waals surface area (Å²) in [7, 11) is 1.69. The van der Waals surface area contributed by atoms with Gasteiger partial charge < -0.3 is 0 Å². The molecule has 1 aliphatic heterocycles. The molecule has 0 saturated carbocycles. The monoisotopic (exact) mass is 233 g/mol. The van der Waals surface area contributed by atoms with E-state index in [4.69, 9.17) is 0 Å². The SMILES string of the molecule is Cc1cccc2c1-n1c(nn(C)c1=O)SC2. The minimum atomic E-state index is -0.0715. The van der Waals surface area contributed by atoms with Crippen molar-refractivity contribution in [3.8, 4) is 5.69 Å². The summed E-state index contributed by atoms with van der Waals surface area (Å²) in [6.45, 7) is 2.03. The van der Waals surface area contributed by atoms with Gasteiger partial charge in [-0.05, 0) is 18.1 Å². The van der Waals surface area contributed by atoms with Gasteiger partial charge in [0.15, 0.2) is 5.16 Å². The smallest absolute Gasteiger partial charge is 0.246 e. The normalized spacial score (nSPS) is 13.4. The van der Waals surface area contributed by atoms with Crippen LogP contribution in [0.1, 0.15) is 11.1 Å². The number of rotatable bonds is 0. The van der Waals surface area contributed by atoms with E-state index in [9.17, 15) is 4.79 Å². The third-order valence-corrected chi connectivity index (χ3v) is 3.77. The Hall–Kier alpha value is -1.49. The van der Waals surface area contributed by atoms with Crippen LogP contribution >= 0.6 is 11.8 Å². The maximum atomic E-state index is 12.0. The molecule has 0 aliphatic carbocycles. The molecule has 82 valence electrons. The van der Waals surface area contributed by atoms with Crippen LogP contribution in [0.3, 0.4) is 0 Å². The van der Waals surface area contributed by atoms with E-state index < -0.39 is 0 Å². The van der Waals surface area contributed by atoms with Gasteiger partial charge in [-0.3, -0.25) is 0 Å². The Morgan fingerprint density at radius 2 is 2.25 bits per heavy atom. The topological polar surface area (TPSA) is 39.8 Å². The lowest BCUT2D eigenvalue weighted by Crippen LogP contribution is -2.24. The molecule has 3 rings (SSSR count). The lowest BCUT2D eigenvalue weighted by Gasteiger charge is -2.17. The summed E-state index contributed by atoms with van der Waals surface area (Å²) in [5.41, 5.74) is 3.26. The van der Waals surface area contributed by atoms with Crippen molar-refractivity contribution in [2.24, 2.45) is 7.05 Å². The molecule has 2 aromatic rings. The lowest BCUT2D eigenvalue weighted by molar-refractivity contribution is 0.714. The molecule has 0 unspecified atom stereocenters. The van der Waals surface area contributed by atoms with Crippen LogP contribution in [-0.2, 0) is 12.8 Å². The Bertz CT molecular complexity index is 627. The fourth-order valence-electron chi connectivity index (χ4n) is 2.03. The van der Waals surface area contributed by atoms with Gasteiger partial charge in [-0.25, -0.2) is 14.0 Å². The molecular formula is C11H11N3OS. The van der Waals surface area contributed by atoms with E-state index >= 15 is 0 Å². The molecule has 2 heterocycles. The van der Waals surface area contributed by atoms with Gasteiger partial charge in [0, 0.05) is 12.8 Å². The highest BCUT2D eigenvalue weighted by Crippen LogP contribution is 2.32. The first kappa shape index (κ1) is 9.72. The zero-order valence-corrected chi connectivity index (χ0v) is 9.91. The molecular weight excluding hydrogens is 222 g/mol. The summed E-state index contributed by atoms with van der Waals surface area (Å²) in [6.07, 6.45) is 0. The average Bonchev–Trinajstić information content (AvgIpc) is 2.56. The first-order valence-electron chi connectivity index (χ1n) is 5.06. The summed E-state index contributed by atoms with van der Waals surface area (Å²) in [6, 6.07) is 6.12. The molecule has 0 saturated heterocycles. The molecule has 0 radical (unpaired) electrons. The summed E-state index contributed by atoms with van der Waals surface area (Å²) >= 11 is 1.61. The summed E-state index contributed by atoms with van der Waals surface area (Å²) < 4.78 is 3.10. The van der Waals surface area contributed by atoms with E-state index in [0.29, 0.717) is 0 Å². The summed E-state index contributed by atoms with van der Waals surface area (Å²) in [5.74, 6) is 0.882. The van der Waals surface area contributed by atoms with E-state index in [1.165, 1.54) is 10.2 Å². The van der Waals surface area contributed by atoms with Gasteiger partial charge in [-0.2, -0.15) is 0 Å². The number of hydrogen-bond acceptors (Lipinski definition) is 3. The van der Waals surface area contributed by atoms with Crippen molar-refractivity contribution in [2.75, 3.05) is 0 Å². The number of thioether (sulfide) groups is 1. The number of benzene rings is 1. The Labute approximate surface area is 96.9 Å². The fraction of sp³-hybridized carbons (Fsp3) is 0.273. The van der Waals surface area contributed by atoms with E-state index in [2.05, 4.69) is 11.2 Å². The van der Waals surface area contributed by atoms with Crippen LogP contribution in [0, 0.1) is 6.92 Å². The van der Waals surface area contributed by atoms with Gasteiger partial charge >= 0.3 is 5.69 Å². The largest absolute Gasteiger partial charge is 0.351 e. The molecule has 0 N–H and O–H groups in total. The summed E-state index contributed by atoms with van der Waals surface area (Å²) in [5, 5.41) is 5.01. The zero-order valence-electron chi connectivity index (χ0n) is 9.10. The van der Waals surface area contributed by atoms with Crippen LogP contribution in [0.2, 0.25) is 0 Å². The van der Waals surface area contributed by atoms with Crippen molar-refractivity contribution < 1.29 is 0 Å². The lowest BCUT2D eigenvalue weighted by atomic mass is 10.1. The van der Waals surface area contributed by atoms with Crippen molar-refractivity contribution in [2.45, 2.75) is 17.8 Å². The molecule has 0 spiro atoms. The molecule has 5 heteroatoms. The van der Waals surface area contributed by atoms with Crippen molar-refractivity contribution in [3.63, 3.8) is 0 Å². The maximum Gasteiger partial charge on any atom is 0.351 e. The molecule has 0 fully saturated rings. The quantitative estimate of drug-likeness (QED) is 0.692. The third kappa shape index (κ3) is 1.18. The van der Waals surface area contributed by atoms with Crippen LogP contribution < -0.4 is 5.69 Å². The van der Waals surface area contributed by atoms with Crippen molar-refractivity contribution >= 4 is 11.8 Å². The van der Waals surface area contributed by atoms with E-state index in [-0.39, 0.29) is 5.69 Å². The van der Waals surface area contributed by atoms with E-state index in [1.54, 1.807) is 23.4 Å². The molecule has 1 aromatic heterocycles. The van der Waals surface area contributed by atoms with Gasteiger partial charge in [-0.15, -0.1) is 5.10 Å². The molecule has 1 aliphatic rings. The molecule has 1 aromatic carbocycles. The van der Waals surface area contributed by atoms with Gasteiger partial charge in [0.1, 0.15) is 0 Å². The van der Waals surface area contributed by atoms with Crippen molar-refractivity contribution in [1.82, 2.24) is 14.3 Å². The minimum absolute atomic E-state index is 0.0715. The Kier molecular flexibility index (Phi) is 1.97. The van der Waals surface area contributed by atoms with Gasteiger partial charge in [-0.1, -0.05) is 30.0 Å². The van der Waals surface area contributed by atoms with Crippen LogP contribution in [0.25, 0.3) is 5.69 Å². The van der Waals surface area contributed by atoms with Gasteiger partial charge in [0.05, 0.1) is 5.69 Å². The number of para-hydroxylation sites is 1. The molecule has 16 heavy (non-hydrogen) atoms. The van der Waals surface area contributed by atoms with Gasteiger partial charge in [0.25, 0.3) is 0 Å². The Balaban J connectivity index is 2.42. The molecule has 0 atom stereocenters. The minimum Gasteiger partial charge on any atom is -0.246 e. The predicted octanol–water partition coefficient (Wildman–Crippen LogP) is 1.49. The standard InChI is InChI=1S/C11H11N3OS/c1-7-4-3-5-8-6-16-10-12-13(2)11(15)14(10)9(7)8/h3-5H,6H2,1-2H3. The van der Waals surface area contributed by atoms with Crippen LogP contribution in [0.4, 0.5) is 0 Å². The number of hydrogen-bond donors (Lipinski definition) is 0.